The van der Waals surface area contributed by atoms with Crippen molar-refractivity contribution in [3.63, 3.8) is 0 Å². The number of phenols is 1. The molecule has 232 valence electrons. The molecule has 0 spiro atoms. The molecule has 46 heavy (non-hydrogen) atoms. The van der Waals surface area contributed by atoms with Crippen LogP contribution in [0.4, 0.5) is 22.0 Å². The number of amides is 1. The molecule has 0 bridgehead atoms. The average Bonchev–Trinajstić information content (AvgIpc) is 3.29. The molecule has 5 aromatic rings. The summed E-state index contributed by atoms with van der Waals surface area (Å²) in [6, 6.07) is 17.7. The van der Waals surface area contributed by atoms with Gasteiger partial charge in [0.25, 0.3) is 5.91 Å². The summed E-state index contributed by atoms with van der Waals surface area (Å²) in [4.78, 5) is 35.4. The second-order valence-electron chi connectivity index (χ2n) is 12.0. The molecule has 10 heteroatoms. The summed E-state index contributed by atoms with van der Waals surface area (Å²) in [7, 11) is 0. The molecule has 1 aliphatic carbocycles. The highest BCUT2D eigenvalue weighted by atomic mass is 16.6. The summed E-state index contributed by atoms with van der Waals surface area (Å²) < 4.78 is 6.71. The molecule has 0 fully saturated rings. The average molecular weight is 615 g/mol. The van der Waals surface area contributed by atoms with E-state index in [2.05, 4.69) is 22.7 Å². The Bertz CT molecular complexity index is 2080. The number of anilines is 3. The summed E-state index contributed by atoms with van der Waals surface area (Å²) in [5, 5.41) is 22.2. The third kappa shape index (κ3) is 6.66. The first kappa shape index (κ1) is 30.3. The Kier molecular flexibility index (Phi) is 8.10. The van der Waals surface area contributed by atoms with Crippen LogP contribution in [-0.4, -0.2) is 42.5 Å². The van der Waals surface area contributed by atoms with Crippen molar-refractivity contribution in [2.75, 3.05) is 10.6 Å². The minimum absolute atomic E-state index is 0.0774. The number of phenolic OH excluding ortho intramolecular Hbond substituents is 1. The van der Waals surface area contributed by atoms with E-state index >= 15 is 0 Å². The fourth-order valence-electron chi connectivity index (χ4n) is 5.08. The van der Waals surface area contributed by atoms with Crippen molar-refractivity contribution in [2.45, 2.75) is 46.1 Å². The number of hydrogen-bond acceptors (Lipinski definition) is 8. The number of nitrogens with zero attached hydrogens (tertiary/aromatic N) is 4. The predicted molar refractivity (Wildman–Crippen MR) is 180 cm³/mol. The van der Waals surface area contributed by atoms with Crippen LogP contribution in [0.1, 0.15) is 40.5 Å². The van der Waals surface area contributed by atoms with Gasteiger partial charge in [-0.25, -0.2) is 14.8 Å². The van der Waals surface area contributed by atoms with Crippen LogP contribution in [0, 0.1) is 0 Å². The molecule has 3 aromatic carbocycles. The lowest BCUT2D eigenvalue weighted by atomic mass is 10.1. The molecule has 0 atom stereocenters. The fraction of sp³-hybridized carbons (Fsp3) is 0.194. The minimum atomic E-state index is -0.653. The summed E-state index contributed by atoms with van der Waals surface area (Å²) in [5.41, 5.74) is 4.35. The lowest BCUT2D eigenvalue weighted by molar-refractivity contribution is -0.112. The van der Waals surface area contributed by atoms with Gasteiger partial charge in [-0.1, -0.05) is 36.8 Å². The molecule has 0 saturated heterocycles. The topological polar surface area (TPSA) is 131 Å². The van der Waals surface area contributed by atoms with E-state index in [-0.39, 0.29) is 11.7 Å². The lowest BCUT2D eigenvalue weighted by Gasteiger charge is -2.19. The molecule has 0 saturated carbocycles. The Labute approximate surface area is 266 Å². The molecule has 0 aliphatic heterocycles. The van der Waals surface area contributed by atoms with E-state index in [1.165, 1.54) is 10.3 Å². The van der Waals surface area contributed by atoms with Crippen LogP contribution in [0.5, 0.6) is 5.75 Å². The number of aromatic nitrogens is 4. The summed E-state index contributed by atoms with van der Waals surface area (Å²) in [6.07, 6.45) is 10.5. The van der Waals surface area contributed by atoms with Crippen molar-refractivity contribution in [1.82, 2.24) is 19.7 Å². The van der Waals surface area contributed by atoms with Crippen molar-refractivity contribution < 1.29 is 19.4 Å². The summed E-state index contributed by atoms with van der Waals surface area (Å²) in [5.74, 6) is 0.781. The van der Waals surface area contributed by atoms with E-state index in [0.717, 1.165) is 18.2 Å². The molecule has 6 rings (SSSR count). The predicted octanol–water partition coefficient (Wildman–Crippen LogP) is 8.04. The Balaban J connectivity index is 1.31. The van der Waals surface area contributed by atoms with Crippen molar-refractivity contribution >= 4 is 51.0 Å². The zero-order chi connectivity index (χ0) is 32.4. The number of carbonyl (C=O) groups is 2. The van der Waals surface area contributed by atoms with Gasteiger partial charge in [0.1, 0.15) is 17.2 Å². The molecular weight excluding hydrogens is 580 g/mol. The van der Waals surface area contributed by atoms with Crippen molar-refractivity contribution in [3.8, 4) is 17.1 Å². The van der Waals surface area contributed by atoms with Crippen LogP contribution >= 0.6 is 0 Å². The molecule has 0 unspecified atom stereocenters. The molecule has 2 aromatic heterocycles. The molecule has 0 radical (unpaired) electrons. The number of hydrogen-bond donors (Lipinski definition) is 3. The lowest BCUT2D eigenvalue weighted by Crippen LogP contribution is -2.27. The van der Waals surface area contributed by atoms with Crippen molar-refractivity contribution in [3.05, 3.63) is 102 Å². The molecular formula is C36H34N6O4. The number of rotatable bonds is 6. The zero-order valence-electron chi connectivity index (χ0n) is 26.0. The first-order valence-corrected chi connectivity index (χ1v) is 15.0. The second kappa shape index (κ2) is 12.3. The summed E-state index contributed by atoms with van der Waals surface area (Å²) >= 11 is 0. The Hall–Kier alpha value is -5.77. The highest BCUT2D eigenvalue weighted by Gasteiger charge is 2.20. The van der Waals surface area contributed by atoms with Gasteiger partial charge < -0.3 is 20.5 Å². The van der Waals surface area contributed by atoms with Gasteiger partial charge in [0.05, 0.1) is 17.2 Å². The number of allylic oxidation sites excluding steroid dienone is 4. The van der Waals surface area contributed by atoms with Crippen LogP contribution in [0.25, 0.3) is 33.2 Å². The van der Waals surface area contributed by atoms with E-state index in [9.17, 15) is 14.7 Å². The minimum Gasteiger partial charge on any atom is -0.508 e. The van der Waals surface area contributed by atoms with Crippen LogP contribution in [0.15, 0.2) is 102 Å². The standard InChI is InChI=1S/C36H34N6O4/c1-5-22-9-6-7-10-24(17-22)34(44)39-26-12-8-11-23(18-26)32-40-30-15-14-28(43)20-29(30)33(41-32)38-27-13-16-31-25(19-27)21-37-42(31)35(45)46-36(2,3)4/h6-8,10-21,43H,5,9H2,1-4H3,(H,39,44)(H,38,40,41). The van der Waals surface area contributed by atoms with E-state index in [0.29, 0.717) is 50.6 Å². The normalized spacial score (nSPS) is 13.2. The van der Waals surface area contributed by atoms with Crippen molar-refractivity contribution in [2.24, 2.45) is 0 Å². The van der Waals surface area contributed by atoms with Gasteiger partial charge in [0.15, 0.2) is 5.82 Å². The van der Waals surface area contributed by atoms with Crippen molar-refractivity contribution in [1.29, 1.82) is 0 Å². The van der Waals surface area contributed by atoms with Crippen LogP contribution in [0.3, 0.4) is 0 Å². The number of aromatic hydroxyl groups is 1. The quantitative estimate of drug-likeness (QED) is 0.175. The Morgan fingerprint density at radius 1 is 1.02 bits per heavy atom. The maximum atomic E-state index is 13.1. The van der Waals surface area contributed by atoms with E-state index < -0.39 is 11.7 Å². The van der Waals surface area contributed by atoms with Crippen LogP contribution in [0.2, 0.25) is 0 Å². The molecule has 2 heterocycles. The Morgan fingerprint density at radius 2 is 1.87 bits per heavy atom. The van der Waals surface area contributed by atoms with Gasteiger partial charge in [0.2, 0.25) is 0 Å². The monoisotopic (exact) mass is 614 g/mol. The van der Waals surface area contributed by atoms with Gasteiger partial charge in [-0.05, 0) is 94.3 Å². The van der Waals surface area contributed by atoms with Crippen LogP contribution < -0.4 is 10.6 Å². The van der Waals surface area contributed by atoms with E-state index in [4.69, 9.17) is 14.7 Å². The molecule has 10 nitrogen and oxygen atoms in total. The van der Waals surface area contributed by atoms with Gasteiger partial charge in [-0.15, -0.1) is 0 Å². The number of nitrogens with one attached hydrogen (secondary N) is 2. The maximum absolute atomic E-state index is 13.1. The SMILES string of the molecule is CCC1=CC(C(=O)Nc2cccc(-c3nc(Nc4ccc5c(cnn5C(=O)OC(C)(C)C)c4)c4cc(O)ccc4n3)c2)=CC=CC1. The smallest absolute Gasteiger partial charge is 0.435 e. The fourth-order valence-corrected chi connectivity index (χ4v) is 5.08. The van der Waals surface area contributed by atoms with Gasteiger partial charge in [-0.2, -0.15) is 9.78 Å². The van der Waals surface area contributed by atoms with Gasteiger partial charge in [0, 0.05) is 33.3 Å². The zero-order valence-corrected chi connectivity index (χ0v) is 26.0. The number of carbonyl (C=O) groups excluding carboxylic acids is 2. The molecule has 1 amide bonds. The largest absolute Gasteiger partial charge is 0.508 e. The van der Waals surface area contributed by atoms with E-state index in [1.54, 1.807) is 51.2 Å². The number of fused-ring (bicyclic) bond motifs is 2. The van der Waals surface area contributed by atoms with Crippen LogP contribution in [-0.2, 0) is 9.53 Å². The number of ether oxygens (including phenoxy) is 1. The highest BCUT2D eigenvalue weighted by Crippen LogP contribution is 2.32. The first-order valence-electron chi connectivity index (χ1n) is 15.0. The highest BCUT2D eigenvalue weighted by molar-refractivity contribution is 6.06. The number of benzene rings is 3. The third-order valence-corrected chi connectivity index (χ3v) is 7.32. The first-order chi connectivity index (χ1) is 22.1. The molecule has 3 N–H and O–H groups in total. The van der Waals surface area contributed by atoms with Gasteiger partial charge in [-0.3, -0.25) is 4.79 Å². The van der Waals surface area contributed by atoms with E-state index in [1.807, 2.05) is 60.7 Å². The Morgan fingerprint density at radius 3 is 2.67 bits per heavy atom. The second-order valence-corrected chi connectivity index (χ2v) is 12.0. The third-order valence-electron chi connectivity index (χ3n) is 7.32. The maximum Gasteiger partial charge on any atom is 0.435 e. The molecule has 1 aliphatic rings. The van der Waals surface area contributed by atoms with Gasteiger partial charge >= 0.3 is 6.09 Å². The summed E-state index contributed by atoms with van der Waals surface area (Å²) in [6.45, 7) is 7.49.